The summed E-state index contributed by atoms with van der Waals surface area (Å²) in [7, 11) is -3.12. The van der Waals surface area contributed by atoms with Crippen LogP contribution >= 0.6 is 15.9 Å². The number of amides is 1. The average molecular weight is 419 g/mol. The molecule has 3 heterocycles. The number of aromatic nitrogens is 2. The Bertz CT molecular complexity index is 725. The van der Waals surface area contributed by atoms with Crippen LogP contribution in [0.25, 0.3) is 0 Å². The van der Waals surface area contributed by atoms with Gasteiger partial charge >= 0.3 is 0 Å². The van der Waals surface area contributed by atoms with E-state index in [0.29, 0.717) is 4.47 Å². The van der Waals surface area contributed by atoms with Crippen LogP contribution in [0, 0.1) is 0 Å². The van der Waals surface area contributed by atoms with Crippen molar-refractivity contribution in [3.8, 4) is 0 Å². The minimum atomic E-state index is -3.12. The zero-order chi connectivity index (χ0) is 17.5. The lowest BCUT2D eigenvalue weighted by atomic mass is 10.1. The number of hydrogen-bond donors (Lipinski definition) is 2. The molecule has 9 heteroatoms. The Hall–Kier alpha value is -0.930. The number of nitrogens with zero attached hydrogens (tertiary/aromatic N) is 2. The minimum absolute atomic E-state index is 0.00101. The third-order valence-corrected chi connectivity index (χ3v) is 7.29. The number of nitrogens with one attached hydrogen (secondary N) is 2. The highest BCUT2D eigenvalue weighted by Gasteiger charge is 2.42. The fraction of sp³-hybridized carbons (Fsp3) is 0.733. The number of sulfone groups is 1. The molecule has 2 aliphatic rings. The molecule has 2 atom stereocenters. The van der Waals surface area contributed by atoms with Gasteiger partial charge in [0.15, 0.2) is 15.5 Å². The van der Waals surface area contributed by atoms with Crippen molar-refractivity contribution in [2.75, 3.05) is 24.6 Å². The van der Waals surface area contributed by atoms with Gasteiger partial charge in [-0.15, -0.1) is 0 Å². The minimum Gasteiger partial charge on any atom is -0.345 e. The first-order chi connectivity index (χ1) is 11.3. The highest BCUT2D eigenvalue weighted by molar-refractivity contribution is 9.10. The fourth-order valence-electron chi connectivity index (χ4n) is 3.51. The SMILES string of the molecule is CC(C)c1[nH]nc(C(=O)NC2CS(=O)(=O)CC2N2CCCC2)c1Br. The van der Waals surface area contributed by atoms with Crippen LogP contribution in [0.5, 0.6) is 0 Å². The lowest BCUT2D eigenvalue weighted by Gasteiger charge is -2.28. The molecule has 1 amide bonds. The lowest BCUT2D eigenvalue weighted by Crippen LogP contribution is -2.50. The molecule has 2 N–H and O–H groups in total. The van der Waals surface area contributed by atoms with Crippen molar-refractivity contribution in [3.63, 3.8) is 0 Å². The average Bonchev–Trinajstić information content (AvgIpc) is 3.17. The van der Waals surface area contributed by atoms with Crippen molar-refractivity contribution < 1.29 is 13.2 Å². The van der Waals surface area contributed by atoms with Gasteiger partial charge in [0, 0.05) is 6.04 Å². The van der Waals surface area contributed by atoms with Gasteiger partial charge in [-0.2, -0.15) is 5.10 Å². The molecular formula is C15H23BrN4O3S. The molecule has 0 saturated carbocycles. The molecular weight excluding hydrogens is 396 g/mol. The summed E-state index contributed by atoms with van der Waals surface area (Å²) in [6, 6.07) is -0.518. The molecule has 2 saturated heterocycles. The first kappa shape index (κ1) is 17.9. The van der Waals surface area contributed by atoms with E-state index < -0.39 is 9.84 Å². The molecule has 0 spiro atoms. The Labute approximate surface area is 150 Å². The maximum absolute atomic E-state index is 12.6. The molecule has 3 rings (SSSR count). The van der Waals surface area contributed by atoms with E-state index in [1.54, 1.807) is 0 Å². The van der Waals surface area contributed by atoms with E-state index in [2.05, 4.69) is 36.3 Å². The Kier molecular flexibility index (Phi) is 5.04. The largest absolute Gasteiger partial charge is 0.345 e. The third-order valence-electron chi connectivity index (χ3n) is 4.77. The van der Waals surface area contributed by atoms with Crippen molar-refractivity contribution in [1.82, 2.24) is 20.4 Å². The summed E-state index contributed by atoms with van der Waals surface area (Å²) in [5.74, 6) is -0.00965. The van der Waals surface area contributed by atoms with Crippen LogP contribution in [0.1, 0.15) is 48.8 Å². The van der Waals surface area contributed by atoms with Crippen molar-refractivity contribution in [3.05, 3.63) is 15.9 Å². The van der Waals surface area contributed by atoms with Gasteiger partial charge in [-0.3, -0.25) is 14.8 Å². The Morgan fingerprint density at radius 2 is 2.00 bits per heavy atom. The smallest absolute Gasteiger partial charge is 0.273 e. The van der Waals surface area contributed by atoms with E-state index in [1.165, 1.54) is 0 Å². The predicted octanol–water partition coefficient (Wildman–Crippen LogP) is 1.29. The molecule has 24 heavy (non-hydrogen) atoms. The zero-order valence-electron chi connectivity index (χ0n) is 13.9. The van der Waals surface area contributed by atoms with Crippen LogP contribution in [-0.2, 0) is 9.84 Å². The summed E-state index contributed by atoms with van der Waals surface area (Å²) in [5, 5.41) is 9.86. The Morgan fingerprint density at radius 1 is 1.33 bits per heavy atom. The zero-order valence-corrected chi connectivity index (χ0v) is 16.3. The highest BCUT2D eigenvalue weighted by atomic mass is 79.9. The van der Waals surface area contributed by atoms with E-state index in [9.17, 15) is 13.2 Å². The van der Waals surface area contributed by atoms with Crippen molar-refractivity contribution in [2.45, 2.75) is 44.7 Å². The van der Waals surface area contributed by atoms with Gasteiger partial charge in [-0.05, 0) is 47.8 Å². The maximum Gasteiger partial charge on any atom is 0.273 e. The van der Waals surface area contributed by atoms with Gasteiger partial charge in [0.05, 0.1) is 27.7 Å². The number of aromatic amines is 1. The molecule has 134 valence electrons. The van der Waals surface area contributed by atoms with E-state index in [0.717, 1.165) is 31.6 Å². The quantitative estimate of drug-likeness (QED) is 0.767. The second kappa shape index (κ2) is 6.76. The number of hydrogen-bond acceptors (Lipinski definition) is 5. The monoisotopic (exact) mass is 418 g/mol. The highest BCUT2D eigenvalue weighted by Crippen LogP contribution is 2.27. The predicted molar refractivity (Wildman–Crippen MR) is 94.9 cm³/mol. The van der Waals surface area contributed by atoms with Crippen LogP contribution in [0.3, 0.4) is 0 Å². The summed E-state index contributed by atoms with van der Waals surface area (Å²) < 4.78 is 24.8. The van der Waals surface area contributed by atoms with Gasteiger partial charge in [0.1, 0.15) is 0 Å². The molecule has 0 bridgehead atoms. The summed E-state index contributed by atoms with van der Waals surface area (Å²) in [5.41, 5.74) is 1.14. The van der Waals surface area contributed by atoms with Crippen LogP contribution in [0.15, 0.2) is 4.47 Å². The van der Waals surface area contributed by atoms with Gasteiger partial charge in [-0.1, -0.05) is 13.8 Å². The normalized spacial score (nSPS) is 27.0. The van der Waals surface area contributed by atoms with E-state index in [1.807, 2.05) is 13.8 Å². The summed E-state index contributed by atoms with van der Waals surface area (Å²) in [4.78, 5) is 14.8. The number of carbonyl (C=O) groups excluding carboxylic acids is 1. The van der Waals surface area contributed by atoms with Gasteiger partial charge in [-0.25, -0.2) is 8.42 Å². The summed E-state index contributed by atoms with van der Waals surface area (Å²) in [6.07, 6.45) is 2.17. The third kappa shape index (κ3) is 3.52. The van der Waals surface area contributed by atoms with Crippen LogP contribution < -0.4 is 5.32 Å². The molecule has 1 aromatic rings. The molecule has 2 aliphatic heterocycles. The second-order valence-electron chi connectivity index (χ2n) is 6.92. The van der Waals surface area contributed by atoms with Crippen molar-refractivity contribution in [2.24, 2.45) is 0 Å². The molecule has 2 unspecified atom stereocenters. The lowest BCUT2D eigenvalue weighted by molar-refractivity contribution is 0.0913. The molecule has 0 aliphatic carbocycles. The standard InChI is InChI=1S/C15H23BrN4O3S/c1-9(2)13-12(16)14(19-18-13)15(21)17-10-7-24(22,23)8-11(10)20-5-3-4-6-20/h9-11H,3-8H2,1-2H3,(H,17,21)(H,18,19). The van der Waals surface area contributed by atoms with Crippen LogP contribution in [-0.4, -0.2) is 66.1 Å². The second-order valence-corrected chi connectivity index (χ2v) is 9.87. The first-order valence-corrected chi connectivity index (χ1v) is 10.9. The molecule has 7 nitrogen and oxygen atoms in total. The number of halogens is 1. The van der Waals surface area contributed by atoms with E-state index >= 15 is 0 Å². The van der Waals surface area contributed by atoms with Crippen molar-refractivity contribution in [1.29, 1.82) is 0 Å². The number of carbonyl (C=O) groups is 1. The van der Waals surface area contributed by atoms with Crippen LogP contribution in [0.4, 0.5) is 0 Å². The molecule has 2 fully saturated rings. The number of likely N-dealkylation sites (tertiary alicyclic amines) is 1. The molecule has 0 radical (unpaired) electrons. The van der Waals surface area contributed by atoms with Crippen LogP contribution in [0.2, 0.25) is 0 Å². The van der Waals surface area contributed by atoms with E-state index in [4.69, 9.17) is 0 Å². The van der Waals surface area contributed by atoms with Gasteiger partial charge in [0.2, 0.25) is 0 Å². The van der Waals surface area contributed by atoms with Gasteiger partial charge < -0.3 is 5.32 Å². The summed E-state index contributed by atoms with van der Waals surface area (Å²) >= 11 is 3.42. The first-order valence-electron chi connectivity index (χ1n) is 8.27. The van der Waals surface area contributed by atoms with Gasteiger partial charge in [0.25, 0.3) is 5.91 Å². The number of rotatable bonds is 4. The Balaban J connectivity index is 1.77. The molecule has 0 aromatic carbocycles. The topological polar surface area (TPSA) is 95.2 Å². The van der Waals surface area contributed by atoms with Crippen molar-refractivity contribution >= 4 is 31.7 Å². The number of H-pyrrole nitrogens is 1. The fourth-order valence-corrected chi connectivity index (χ4v) is 6.28. The Morgan fingerprint density at radius 3 is 2.58 bits per heavy atom. The molecule has 1 aromatic heterocycles. The summed E-state index contributed by atoms with van der Waals surface area (Å²) in [6.45, 7) is 5.81. The maximum atomic E-state index is 12.6. The van der Waals surface area contributed by atoms with E-state index in [-0.39, 0.29) is 41.1 Å².